The maximum Gasteiger partial charge on any atom is 0.335 e. The standard InChI is InChI=1S/C13H15Cl3O3S/c1-7-8(11(17)18)5-6-9(13(14,15)16)10(7)20(19)12(2,3)4/h5-6H,1-4H3,(H,17,18)/t20-/m1/s1. The van der Waals surface area contributed by atoms with E-state index in [2.05, 4.69) is 0 Å². The van der Waals surface area contributed by atoms with Crippen LogP contribution in [0.25, 0.3) is 0 Å². The average Bonchev–Trinajstić information content (AvgIpc) is 2.24. The van der Waals surface area contributed by atoms with Gasteiger partial charge in [-0.1, -0.05) is 40.9 Å². The Bertz CT molecular complexity index is 571. The van der Waals surface area contributed by atoms with E-state index in [9.17, 15) is 14.1 Å². The van der Waals surface area contributed by atoms with Gasteiger partial charge in [-0.15, -0.1) is 0 Å². The predicted molar refractivity (Wildman–Crippen MR) is 83.5 cm³/mol. The van der Waals surface area contributed by atoms with Gasteiger partial charge in [-0.25, -0.2) is 4.79 Å². The molecular weight excluding hydrogens is 343 g/mol. The lowest BCUT2D eigenvalue weighted by atomic mass is 10.1. The first kappa shape index (κ1) is 17.8. The third-order valence-corrected chi connectivity index (χ3v) is 5.30. The number of carboxylic acid groups (broad SMARTS) is 1. The van der Waals surface area contributed by atoms with E-state index in [1.807, 2.05) is 0 Å². The minimum Gasteiger partial charge on any atom is -0.478 e. The molecular formula is C13H15Cl3O3S. The van der Waals surface area contributed by atoms with Crippen molar-refractivity contribution in [1.29, 1.82) is 0 Å². The Hall–Kier alpha value is -0.290. The zero-order chi connectivity index (χ0) is 15.9. The van der Waals surface area contributed by atoms with Crippen molar-refractivity contribution in [2.24, 2.45) is 0 Å². The summed E-state index contributed by atoms with van der Waals surface area (Å²) in [4.78, 5) is 11.5. The Morgan fingerprint density at radius 1 is 1.20 bits per heavy atom. The molecule has 0 saturated carbocycles. The summed E-state index contributed by atoms with van der Waals surface area (Å²) in [6.07, 6.45) is 0. The molecule has 0 fully saturated rings. The fourth-order valence-electron chi connectivity index (χ4n) is 1.69. The number of carboxylic acids is 1. The molecule has 112 valence electrons. The summed E-state index contributed by atoms with van der Waals surface area (Å²) in [5.41, 5.74) is 0.656. The van der Waals surface area contributed by atoms with E-state index in [-0.39, 0.29) is 16.0 Å². The van der Waals surface area contributed by atoms with Gasteiger partial charge in [0.05, 0.1) is 21.3 Å². The highest BCUT2D eigenvalue weighted by Gasteiger charge is 2.34. The molecule has 0 amide bonds. The molecule has 0 aromatic heterocycles. The lowest BCUT2D eigenvalue weighted by molar-refractivity contribution is 0.0695. The maximum atomic E-state index is 12.7. The lowest BCUT2D eigenvalue weighted by Gasteiger charge is -2.25. The molecule has 0 aliphatic heterocycles. The lowest BCUT2D eigenvalue weighted by Crippen LogP contribution is -2.25. The third-order valence-electron chi connectivity index (χ3n) is 2.68. The molecule has 0 aliphatic carbocycles. The van der Waals surface area contributed by atoms with E-state index < -0.39 is 25.3 Å². The Balaban J connectivity index is 3.71. The van der Waals surface area contributed by atoms with Crippen molar-refractivity contribution in [1.82, 2.24) is 0 Å². The molecule has 0 aliphatic rings. The second kappa shape index (κ2) is 5.84. The van der Waals surface area contributed by atoms with Gasteiger partial charge in [0.1, 0.15) is 0 Å². The van der Waals surface area contributed by atoms with Crippen LogP contribution in [0.1, 0.15) is 42.3 Å². The van der Waals surface area contributed by atoms with E-state index in [0.717, 1.165) is 0 Å². The monoisotopic (exact) mass is 356 g/mol. The maximum absolute atomic E-state index is 12.7. The molecule has 1 atom stereocenters. The van der Waals surface area contributed by atoms with Crippen LogP contribution in [-0.2, 0) is 14.6 Å². The number of hydrogen-bond acceptors (Lipinski definition) is 2. The fraction of sp³-hybridized carbons (Fsp3) is 0.462. The third kappa shape index (κ3) is 3.67. The smallest absolute Gasteiger partial charge is 0.335 e. The summed E-state index contributed by atoms with van der Waals surface area (Å²) in [5.74, 6) is -1.11. The van der Waals surface area contributed by atoms with Crippen LogP contribution in [0, 0.1) is 6.92 Å². The minimum atomic E-state index is -1.77. The fourth-order valence-corrected chi connectivity index (χ4v) is 3.75. The molecule has 0 saturated heterocycles. The van der Waals surface area contributed by atoms with Crippen LogP contribution in [0.15, 0.2) is 17.0 Å². The molecule has 0 heterocycles. The van der Waals surface area contributed by atoms with Crippen LogP contribution in [0.3, 0.4) is 0 Å². The highest BCUT2D eigenvalue weighted by molar-refractivity contribution is 7.86. The average molecular weight is 358 g/mol. The summed E-state index contributed by atoms with van der Waals surface area (Å²) < 4.78 is 10.3. The summed E-state index contributed by atoms with van der Waals surface area (Å²) in [6, 6.07) is 2.76. The Morgan fingerprint density at radius 2 is 1.70 bits per heavy atom. The molecule has 0 unspecified atom stereocenters. The van der Waals surface area contributed by atoms with Crippen molar-refractivity contribution in [2.45, 2.75) is 41.1 Å². The molecule has 0 spiro atoms. The summed E-state index contributed by atoms with van der Waals surface area (Å²) in [6.45, 7) is 6.90. The zero-order valence-electron chi connectivity index (χ0n) is 11.5. The first-order chi connectivity index (χ1) is 8.87. The summed E-state index contributed by atoms with van der Waals surface area (Å²) >= 11 is 17.7. The second-order valence-electron chi connectivity index (χ2n) is 5.30. The quantitative estimate of drug-likeness (QED) is 0.797. The Kier molecular flexibility index (Phi) is 5.18. The zero-order valence-corrected chi connectivity index (χ0v) is 14.5. The van der Waals surface area contributed by atoms with Crippen LogP contribution in [0.5, 0.6) is 0 Å². The first-order valence-corrected chi connectivity index (χ1v) is 8.01. The van der Waals surface area contributed by atoms with Crippen molar-refractivity contribution in [2.75, 3.05) is 0 Å². The van der Waals surface area contributed by atoms with Crippen molar-refractivity contribution < 1.29 is 14.1 Å². The van der Waals surface area contributed by atoms with E-state index in [0.29, 0.717) is 5.56 Å². The number of hydrogen-bond donors (Lipinski definition) is 1. The van der Waals surface area contributed by atoms with Crippen LogP contribution in [0.2, 0.25) is 0 Å². The predicted octanol–water partition coefficient (Wildman–Crippen LogP) is 4.43. The van der Waals surface area contributed by atoms with Gasteiger partial charge in [-0.05, 0) is 39.3 Å². The van der Waals surface area contributed by atoms with E-state index >= 15 is 0 Å². The molecule has 1 N–H and O–H groups in total. The number of carbonyl (C=O) groups is 1. The van der Waals surface area contributed by atoms with Crippen LogP contribution in [0.4, 0.5) is 0 Å². The van der Waals surface area contributed by atoms with Crippen molar-refractivity contribution in [3.8, 4) is 0 Å². The molecule has 0 radical (unpaired) electrons. The van der Waals surface area contributed by atoms with Gasteiger partial charge < -0.3 is 5.11 Å². The van der Waals surface area contributed by atoms with Gasteiger partial charge in [0, 0.05) is 10.3 Å². The molecule has 20 heavy (non-hydrogen) atoms. The van der Waals surface area contributed by atoms with Crippen molar-refractivity contribution in [3.05, 3.63) is 28.8 Å². The minimum absolute atomic E-state index is 0.0515. The first-order valence-electron chi connectivity index (χ1n) is 5.73. The molecule has 3 nitrogen and oxygen atoms in total. The summed E-state index contributed by atoms with van der Waals surface area (Å²) in [5, 5.41) is 9.17. The van der Waals surface area contributed by atoms with Gasteiger partial charge >= 0.3 is 5.97 Å². The van der Waals surface area contributed by atoms with Gasteiger partial charge in [-0.3, -0.25) is 4.21 Å². The molecule has 1 rings (SSSR count). The highest BCUT2D eigenvalue weighted by Crippen LogP contribution is 2.43. The molecule has 1 aromatic rings. The highest BCUT2D eigenvalue weighted by atomic mass is 35.6. The van der Waals surface area contributed by atoms with Gasteiger partial charge in [-0.2, -0.15) is 0 Å². The molecule has 7 heteroatoms. The Labute approximate surface area is 135 Å². The second-order valence-corrected chi connectivity index (χ2v) is 9.75. The summed E-state index contributed by atoms with van der Waals surface area (Å²) in [7, 11) is -1.51. The number of aromatic carboxylic acids is 1. The van der Waals surface area contributed by atoms with Crippen LogP contribution in [-0.4, -0.2) is 20.0 Å². The van der Waals surface area contributed by atoms with Crippen LogP contribution < -0.4 is 0 Å². The number of rotatable bonds is 2. The molecule has 1 aromatic carbocycles. The van der Waals surface area contributed by atoms with Gasteiger partial charge in [0.2, 0.25) is 3.79 Å². The normalized spacial score (nSPS) is 14.2. The van der Waals surface area contributed by atoms with Gasteiger partial charge in [0.25, 0.3) is 0 Å². The van der Waals surface area contributed by atoms with E-state index in [4.69, 9.17) is 34.8 Å². The SMILES string of the molecule is Cc1c(C(=O)O)ccc(C(Cl)(Cl)Cl)c1[S@@](=O)C(C)(C)C. The number of alkyl halides is 3. The number of benzene rings is 1. The topological polar surface area (TPSA) is 54.4 Å². The van der Waals surface area contributed by atoms with Gasteiger partial charge in [0.15, 0.2) is 0 Å². The van der Waals surface area contributed by atoms with Crippen LogP contribution >= 0.6 is 34.8 Å². The van der Waals surface area contributed by atoms with Crippen molar-refractivity contribution in [3.63, 3.8) is 0 Å². The Morgan fingerprint density at radius 3 is 2.05 bits per heavy atom. The number of halogens is 3. The largest absolute Gasteiger partial charge is 0.478 e. The van der Waals surface area contributed by atoms with E-state index in [1.165, 1.54) is 12.1 Å². The van der Waals surface area contributed by atoms with Crippen molar-refractivity contribution >= 4 is 51.6 Å². The van der Waals surface area contributed by atoms with E-state index in [1.54, 1.807) is 27.7 Å². The molecule has 0 bridgehead atoms.